The van der Waals surface area contributed by atoms with Crippen LogP contribution in [0.3, 0.4) is 0 Å². The first kappa shape index (κ1) is 12.2. The van der Waals surface area contributed by atoms with Crippen LogP contribution in [0.2, 0.25) is 0 Å². The maximum Gasteiger partial charge on any atom is 0.116 e. The van der Waals surface area contributed by atoms with Gasteiger partial charge >= 0.3 is 0 Å². The zero-order chi connectivity index (χ0) is 10.3. The summed E-state index contributed by atoms with van der Waals surface area (Å²) in [5.74, 6) is -0.367. The summed E-state index contributed by atoms with van der Waals surface area (Å²) in [5, 5.41) is 0. The molecule has 0 aromatic carbocycles. The van der Waals surface area contributed by atoms with Gasteiger partial charge < -0.3 is 0 Å². The van der Waals surface area contributed by atoms with Gasteiger partial charge in [-0.25, -0.2) is 4.39 Å². The molecular formula is C12H19F. The van der Waals surface area contributed by atoms with Gasteiger partial charge in [-0.15, -0.1) is 0 Å². The minimum atomic E-state index is -0.367. The van der Waals surface area contributed by atoms with Crippen LogP contribution in [0.4, 0.5) is 4.39 Å². The topological polar surface area (TPSA) is 0 Å². The van der Waals surface area contributed by atoms with E-state index in [0.717, 1.165) is 24.8 Å². The molecule has 0 saturated carbocycles. The van der Waals surface area contributed by atoms with Crippen LogP contribution in [-0.4, -0.2) is 0 Å². The standard InChI is InChI=1S/C12H19F/c1-5-7-8-12(6-2)10(3)9-11(4)13/h8-9H,4-7H2,1-3H3/b10-9-,12-8?. The Balaban J connectivity index is 4.48. The van der Waals surface area contributed by atoms with E-state index in [-0.39, 0.29) is 5.83 Å². The van der Waals surface area contributed by atoms with Crippen molar-refractivity contribution in [3.8, 4) is 0 Å². The zero-order valence-electron chi connectivity index (χ0n) is 8.86. The maximum atomic E-state index is 12.5. The molecule has 74 valence electrons. The summed E-state index contributed by atoms with van der Waals surface area (Å²) in [4.78, 5) is 0. The van der Waals surface area contributed by atoms with Gasteiger partial charge in [0.25, 0.3) is 0 Å². The number of rotatable bonds is 5. The number of hydrogen-bond acceptors (Lipinski definition) is 0. The predicted octanol–water partition coefficient (Wildman–Crippen LogP) is 4.55. The van der Waals surface area contributed by atoms with Gasteiger partial charge in [0.1, 0.15) is 5.83 Å². The third kappa shape index (κ3) is 5.40. The van der Waals surface area contributed by atoms with E-state index in [9.17, 15) is 4.39 Å². The average molecular weight is 182 g/mol. The number of unbranched alkanes of at least 4 members (excludes halogenated alkanes) is 1. The minimum absolute atomic E-state index is 0.367. The Labute approximate surface area is 80.9 Å². The lowest BCUT2D eigenvalue weighted by molar-refractivity contribution is 0.669. The van der Waals surface area contributed by atoms with Gasteiger partial charge in [0, 0.05) is 0 Å². The number of hydrogen-bond donors (Lipinski definition) is 0. The van der Waals surface area contributed by atoms with Gasteiger partial charge in [-0.3, -0.25) is 0 Å². The molecule has 0 aliphatic rings. The van der Waals surface area contributed by atoms with Crippen LogP contribution >= 0.6 is 0 Å². The van der Waals surface area contributed by atoms with Crippen LogP contribution in [0.25, 0.3) is 0 Å². The molecular weight excluding hydrogens is 163 g/mol. The highest BCUT2D eigenvalue weighted by atomic mass is 19.1. The maximum absolute atomic E-state index is 12.5. The zero-order valence-corrected chi connectivity index (χ0v) is 8.86. The third-order valence-electron chi connectivity index (χ3n) is 1.94. The summed E-state index contributed by atoms with van der Waals surface area (Å²) >= 11 is 0. The van der Waals surface area contributed by atoms with E-state index in [0.29, 0.717) is 0 Å². The van der Waals surface area contributed by atoms with Gasteiger partial charge in [-0.1, -0.05) is 32.9 Å². The van der Waals surface area contributed by atoms with Crippen LogP contribution in [0.5, 0.6) is 0 Å². The SMILES string of the molecule is C=C(F)/C=C(/C)C(=CCCC)CC. The summed E-state index contributed by atoms with van der Waals surface area (Å²) in [7, 11) is 0. The van der Waals surface area contributed by atoms with Crippen molar-refractivity contribution in [1.29, 1.82) is 0 Å². The molecule has 0 radical (unpaired) electrons. The van der Waals surface area contributed by atoms with Crippen molar-refractivity contribution in [3.63, 3.8) is 0 Å². The lowest BCUT2D eigenvalue weighted by atomic mass is 10.0. The highest BCUT2D eigenvalue weighted by molar-refractivity contribution is 5.32. The quantitative estimate of drug-likeness (QED) is 0.547. The Bertz CT molecular complexity index is 221. The Morgan fingerprint density at radius 1 is 1.38 bits per heavy atom. The van der Waals surface area contributed by atoms with Crippen molar-refractivity contribution < 1.29 is 4.39 Å². The lowest BCUT2D eigenvalue weighted by Crippen LogP contribution is -1.84. The summed E-state index contributed by atoms with van der Waals surface area (Å²) in [6, 6.07) is 0. The summed E-state index contributed by atoms with van der Waals surface area (Å²) in [5.41, 5.74) is 2.21. The van der Waals surface area contributed by atoms with E-state index < -0.39 is 0 Å². The van der Waals surface area contributed by atoms with Crippen molar-refractivity contribution in [3.05, 3.63) is 35.7 Å². The molecule has 0 aliphatic carbocycles. The van der Waals surface area contributed by atoms with Gasteiger partial charge in [0.15, 0.2) is 0 Å². The van der Waals surface area contributed by atoms with E-state index in [1.165, 1.54) is 11.6 Å². The molecule has 0 saturated heterocycles. The average Bonchev–Trinajstić information content (AvgIpc) is 2.04. The molecule has 0 atom stereocenters. The molecule has 0 amide bonds. The first-order chi connectivity index (χ1) is 6.11. The largest absolute Gasteiger partial charge is 0.208 e. The van der Waals surface area contributed by atoms with Crippen molar-refractivity contribution in [1.82, 2.24) is 0 Å². The monoisotopic (exact) mass is 182 g/mol. The van der Waals surface area contributed by atoms with Crippen LogP contribution in [0, 0.1) is 0 Å². The lowest BCUT2D eigenvalue weighted by Gasteiger charge is -2.04. The summed E-state index contributed by atoms with van der Waals surface area (Å²) in [6.45, 7) is 9.37. The minimum Gasteiger partial charge on any atom is -0.208 e. The van der Waals surface area contributed by atoms with Crippen molar-refractivity contribution in [2.24, 2.45) is 0 Å². The van der Waals surface area contributed by atoms with Gasteiger partial charge in [-0.05, 0) is 37.0 Å². The normalized spacial score (nSPS) is 13.2. The van der Waals surface area contributed by atoms with E-state index in [1.807, 2.05) is 6.92 Å². The second-order valence-electron chi connectivity index (χ2n) is 3.15. The molecule has 0 aromatic heterocycles. The fourth-order valence-electron chi connectivity index (χ4n) is 1.23. The highest BCUT2D eigenvalue weighted by Gasteiger charge is 1.97. The Morgan fingerprint density at radius 3 is 2.38 bits per heavy atom. The van der Waals surface area contributed by atoms with E-state index in [1.54, 1.807) is 0 Å². The second-order valence-corrected chi connectivity index (χ2v) is 3.15. The molecule has 0 spiro atoms. The first-order valence-electron chi connectivity index (χ1n) is 4.83. The van der Waals surface area contributed by atoms with Crippen LogP contribution in [0.15, 0.2) is 35.7 Å². The molecule has 13 heavy (non-hydrogen) atoms. The predicted molar refractivity (Wildman–Crippen MR) is 57.3 cm³/mol. The van der Waals surface area contributed by atoms with Gasteiger partial charge in [0.05, 0.1) is 0 Å². The molecule has 0 aromatic rings. The second kappa shape index (κ2) is 6.64. The summed E-state index contributed by atoms with van der Waals surface area (Å²) < 4.78 is 12.5. The molecule has 0 fully saturated rings. The highest BCUT2D eigenvalue weighted by Crippen LogP contribution is 2.16. The third-order valence-corrected chi connectivity index (χ3v) is 1.94. The van der Waals surface area contributed by atoms with Crippen molar-refractivity contribution >= 4 is 0 Å². The number of allylic oxidation sites excluding steroid dienone is 5. The van der Waals surface area contributed by atoms with Crippen LogP contribution in [-0.2, 0) is 0 Å². The first-order valence-corrected chi connectivity index (χ1v) is 4.83. The smallest absolute Gasteiger partial charge is 0.116 e. The van der Waals surface area contributed by atoms with Crippen LogP contribution < -0.4 is 0 Å². The molecule has 0 heterocycles. The molecule has 0 N–H and O–H groups in total. The molecule has 0 bridgehead atoms. The fraction of sp³-hybridized carbons (Fsp3) is 0.500. The molecule has 0 aliphatic heterocycles. The van der Waals surface area contributed by atoms with Crippen molar-refractivity contribution in [2.45, 2.75) is 40.0 Å². The van der Waals surface area contributed by atoms with E-state index >= 15 is 0 Å². The fourth-order valence-corrected chi connectivity index (χ4v) is 1.23. The molecule has 0 rings (SSSR count). The Kier molecular flexibility index (Phi) is 6.21. The number of halogens is 1. The van der Waals surface area contributed by atoms with Crippen LogP contribution in [0.1, 0.15) is 40.0 Å². The van der Waals surface area contributed by atoms with E-state index in [4.69, 9.17) is 0 Å². The van der Waals surface area contributed by atoms with Gasteiger partial charge in [0.2, 0.25) is 0 Å². The molecule has 1 heteroatoms. The Morgan fingerprint density at radius 2 is 2.00 bits per heavy atom. The van der Waals surface area contributed by atoms with E-state index in [2.05, 4.69) is 26.5 Å². The Hall–Kier alpha value is -0.850. The van der Waals surface area contributed by atoms with Gasteiger partial charge in [-0.2, -0.15) is 0 Å². The summed E-state index contributed by atoms with van der Waals surface area (Å²) in [6.07, 6.45) is 6.82. The van der Waals surface area contributed by atoms with Crippen molar-refractivity contribution in [2.75, 3.05) is 0 Å². The molecule has 0 nitrogen and oxygen atoms in total. The molecule has 0 unspecified atom stereocenters.